The molecule has 1 radical (unpaired) electrons. The van der Waals surface area contributed by atoms with E-state index in [1.807, 2.05) is 0 Å². The van der Waals surface area contributed by atoms with Crippen molar-refractivity contribution in [2.45, 2.75) is 64.7 Å². The molecule has 0 rings (SSSR count). The third-order valence-corrected chi connectivity index (χ3v) is 3.60. The van der Waals surface area contributed by atoms with Crippen molar-refractivity contribution in [3.63, 3.8) is 0 Å². The summed E-state index contributed by atoms with van der Waals surface area (Å²) in [6.07, 6.45) is 11.5. The molecule has 0 heterocycles. The standard InChI is InChI=1S/C13H26OS/c1-3-5-6-7-8-9-10-11-13(4-2)12-15-14/h13H,1,3-12H2,2H3/q+1. The summed E-state index contributed by atoms with van der Waals surface area (Å²) in [4.78, 5) is 0. The van der Waals surface area contributed by atoms with Crippen LogP contribution in [0.15, 0.2) is 0 Å². The zero-order valence-corrected chi connectivity index (χ0v) is 11.0. The summed E-state index contributed by atoms with van der Waals surface area (Å²) >= 11 is 0.752. The molecule has 15 heavy (non-hydrogen) atoms. The second kappa shape index (κ2) is 12.1. The van der Waals surface area contributed by atoms with Crippen molar-refractivity contribution in [1.29, 1.82) is 0 Å². The molecule has 0 saturated heterocycles. The van der Waals surface area contributed by atoms with Gasteiger partial charge >= 0.3 is 11.7 Å². The first-order chi connectivity index (χ1) is 7.35. The van der Waals surface area contributed by atoms with E-state index in [4.69, 9.17) is 0 Å². The quantitative estimate of drug-likeness (QED) is 0.380. The van der Waals surface area contributed by atoms with E-state index in [-0.39, 0.29) is 0 Å². The molecule has 0 spiro atoms. The molecule has 1 nitrogen and oxygen atoms in total. The second-order valence-corrected chi connectivity index (χ2v) is 4.89. The van der Waals surface area contributed by atoms with Gasteiger partial charge in [0.25, 0.3) is 0 Å². The molecule has 1 unspecified atom stereocenters. The maximum atomic E-state index is 10.4. The third-order valence-electron chi connectivity index (χ3n) is 2.99. The van der Waals surface area contributed by atoms with Crippen molar-refractivity contribution < 1.29 is 4.21 Å². The molecule has 0 amide bonds. The summed E-state index contributed by atoms with van der Waals surface area (Å²) in [5.41, 5.74) is 0. The fraction of sp³-hybridized carbons (Fsp3) is 0.923. The molecule has 0 aliphatic carbocycles. The Morgan fingerprint density at radius 3 is 2.20 bits per heavy atom. The van der Waals surface area contributed by atoms with Gasteiger partial charge in [-0.25, -0.2) is 0 Å². The lowest BCUT2D eigenvalue weighted by Gasteiger charge is -2.06. The van der Waals surface area contributed by atoms with Crippen molar-refractivity contribution in [3.8, 4) is 0 Å². The number of hydrogen-bond acceptors (Lipinski definition) is 1. The molecular weight excluding hydrogens is 204 g/mol. The Kier molecular flexibility index (Phi) is 12.1. The molecule has 0 saturated carbocycles. The SMILES string of the molecule is [CH2]CCCCCCCCC(CC)C[S+]=O. The molecule has 1 atom stereocenters. The maximum Gasteiger partial charge on any atom is 0.458 e. The molecule has 0 fully saturated rings. The Hall–Kier alpha value is 0.0200. The molecular formula is C13H26OS+. The largest absolute Gasteiger partial charge is 0.458 e. The molecule has 2 heteroatoms. The summed E-state index contributed by atoms with van der Waals surface area (Å²) in [6.45, 7) is 6.03. The van der Waals surface area contributed by atoms with E-state index < -0.39 is 0 Å². The van der Waals surface area contributed by atoms with Crippen molar-refractivity contribution in [1.82, 2.24) is 0 Å². The van der Waals surface area contributed by atoms with Crippen LogP contribution in [-0.4, -0.2) is 5.75 Å². The Morgan fingerprint density at radius 1 is 1.07 bits per heavy atom. The number of unbranched alkanes of at least 4 members (excludes halogenated alkanes) is 6. The third kappa shape index (κ3) is 10.3. The smallest absolute Gasteiger partial charge is 0.0649 e. The zero-order valence-electron chi connectivity index (χ0n) is 10.2. The lowest BCUT2D eigenvalue weighted by Crippen LogP contribution is -2.03. The van der Waals surface area contributed by atoms with Crippen LogP contribution in [0.25, 0.3) is 0 Å². The van der Waals surface area contributed by atoms with Crippen LogP contribution in [0.4, 0.5) is 0 Å². The van der Waals surface area contributed by atoms with E-state index in [0.717, 1.165) is 30.3 Å². The lowest BCUT2D eigenvalue weighted by atomic mass is 9.99. The summed E-state index contributed by atoms with van der Waals surface area (Å²) in [7, 11) is 0. The number of hydrogen-bond donors (Lipinski definition) is 0. The van der Waals surface area contributed by atoms with E-state index in [2.05, 4.69) is 13.8 Å². The van der Waals surface area contributed by atoms with E-state index in [1.165, 1.54) is 44.9 Å². The highest BCUT2D eigenvalue weighted by atomic mass is 32.1. The van der Waals surface area contributed by atoms with Crippen molar-refractivity contribution in [2.75, 3.05) is 5.75 Å². The predicted octanol–water partition coefficient (Wildman–Crippen LogP) is 4.40. The predicted molar refractivity (Wildman–Crippen MR) is 69.0 cm³/mol. The summed E-state index contributed by atoms with van der Waals surface area (Å²) in [5, 5.41) is 0. The summed E-state index contributed by atoms with van der Waals surface area (Å²) in [5.74, 6) is 1.46. The van der Waals surface area contributed by atoms with Crippen LogP contribution in [-0.2, 0) is 15.9 Å². The minimum absolute atomic E-state index is 0.660. The molecule has 0 N–H and O–H groups in total. The Labute approximate surface area is 99.5 Å². The monoisotopic (exact) mass is 230 g/mol. The molecule has 0 aromatic carbocycles. The van der Waals surface area contributed by atoms with Gasteiger partial charge in [0.15, 0.2) is 0 Å². The highest BCUT2D eigenvalue weighted by Gasteiger charge is 2.12. The molecule has 0 aliphatic heterocycles. The first kappa shape index (κ1) is 15.0. The van der Waals surface area contributed by atoms with Crippen molar-refractivity contribution in [3.05, 3.63) is 6.92 Å². The van der Waals surface area contributed by atoms with Crippen LogP contribution < -0.4 is 0 Å². The average molecular weight is 230 g/mol. The topological polar surface area (TPSA) is 17.1 Å². The average Bonchev–Trinajstić information content (AvgIpc) is 2.26. The molecule has 0 aromatic heterocycles. The first-order valence-corrected chi connectivity index (χ1v) is 7.30. The van der Waals surface area contributed by atoms with Gasteiger partial charge < -0.3 is 0 Å². The van der Waals surface area contributed by atoms with E-state index >= 15 is 0 Å². The van der Waals surface area contributed by atoms with Crippen LogP contribution in [0.2, 0.25) is 0 Å². The summed E-state index contributed by atoms with van der Waals surface area (Å²) < 4.78 is 10.4. The summed E-state index contributed by atoms with van der Waals surface area (Å²) in [6, 6.07) is 0. The minimum Gasteiger partial charge on any atom is -0.0649 e. The first-order valence-electron chi connectivity index (χ1n) is 6.39. The highest BCUT2D eigenvalue weighted by Crippen LogP contribution is 2.15. The molecule has 0 bridgehead atoms. The second-order valence-electron chi connectivity index (χ2n) is 4.32. The van der Waals surface area contributed by atoms with E-state index in [0.29, 0.717) is 5.92 Å². The van der Waals surface area contributed by atoms with Gasteiger partial charge in [0.2, 0.25) is 5.75 Å². The Bertz CT molecular complexity index is 136. The lowest BCUT2D eigenvalue weighted by molar-refractivity contribution is 0.473. The Balaban J connectivity index is 3.17. The van der Waals surface area contributed by atoms with E-state index in [9.17, 15) is 4.21 Å². The van der Waals surface area contributed by atoms with Crippen LogP contribution in [0.3, 0.4) is 0 Å². The fourth-order valence-electron chi connectivity index (χ4n) is 1.82. The maximum absolute atomic E-state index is 10.4. The van der Waals surface area contributed by atoms with Gasteiger partial charge in [-0.15, -0.1) is 0 Å². The van der Waals surface area contributed by atoms with Crippen LogP contribution in [0, 0.1) is 12.8 Å². The van der Waals surface area contributed by atoms with Gasteiger partial charge in [0.05, 0.1) is 0 Å². The molecule has 0 aliphatic rings. The highest BCUT2D eigenvalue weighted by molar-refractivity contribution is 7.65. The Morgan fingerprint density at radius 2 is 1.67 bits per heavy atom. The van der Waals surface area contributed by atoms with Crippen molar-refractivity contribution >= 4 is 11.7 Å². The molecule has 0 aromatic rings. The van der Waals surface area contributed by atoms with Gasteiger partial charge in [-0.05, 0) is 12.8 Å². The van der Waals surface area contributed by atoms with Crippen LogP contribution in [0.5, 0.6) is 0 Å². The molecule has 89 valence electrons. The number of rotatable bonds is 11. The van der Waals surface area contributed by atoms with Gasteiger partial charge in [-0.2, -0.15) is 0 Å². The van der Waals surface area contributed by atoms with Gasteiger partial charge in [-0.3, -0.25) is 0 Å². The normalized spacial score (nSPS) is 12.7. The van der Waals surface area contributed by atoms with Gasteiger partial charge in [0.1, 0.15) is 0 Å². The zero-order chi connectivity index (χ0) is 11.4. The van der Waals surface area contributed by atoms with Gasteiger partial charge in [-0.1, -0.05) is 58.8 Å². The van der Waals surface area contributed by atoms with E-state index in [1.54, 1.807) is 0 Å². The minimum atomic E-state index is 0.660. The van der Waals surface area contributed by atoms with Crippen LogP contribution in [0.1, 0.15) is 64.7 Å². The fourth-order valence-corrected chi connectivity index (χ4v) is 2.41. The van der Waals surface area contributed by atoms with Crippen LogP contribution >= 0.6 is 0 Å². The van der Waals surface area contributed by atoms with Crippen molar-refractivity contribution in [2.24, 2.45) is 5.92 Å². The van der Waals surface area contributed by atoms with Gasteiger partial charge in [0, 0.05) is 10.1 Å².